The van der Waals surface area contributed by atoms with Gasteiger partial charge in [-0.3, -0.25) is 4.79 Å². The first kappa shape index (κ1) is 20.7. The number of halogens is 3. The van der Waals surface area contributed by atoms with Crippen LogP contribution in [0.5, 0.6) is 0 Å². The average molecular weight is 411 g/mol. The Morgan fingerprint density at radius 3 is 2.40 bits per heavy atom. The quantitative estimate of drug-likeness (QED) is 0.574. The number of hydrogen-bond acceptors (Lipinski definition) is 5. The van der Waals surface area contributed by atoms with E-state index in [0.29, 0.717) is 11.3 Å². The van der Waals surface area contributed by atoms with Gasteiger partial charge in [0.25, 0.3) is 0 Å². The first-order chi connectivity index (χ1) is 14.2. The van der Waals surface area contributed by atoms with Crippen LogP contribution in [0.4, 0.5) is 30.5 Å². The highest BCUT2D eigenvalue weighted by atomic mass is 19.4. The molecule has 9 heteroatoms. The van der Waals surface area contributed by atoms with Crippen LogP contribution >= 0.6 is 0 Å². The zero-order valence-electron chi connectivity index (χ0n) is 15.5. The Labute approximate surface area is 170 Å². The standard InChI is InChI=1S/C21H16F3N5O/c22-21(23,24)17-7-2-1-5-14(17)11-18(30)29-15-6-3-4-13(10-15)8-9-16-19(25)27-12-28-20(16)26/h1-7,10,12H,11H2,(H,29,30)(H4,25,26,27,28). The molecule has 0 saturated heterocycles. The zero-order valence-corrected chi connectivity index (χ0v) is 15.5. The average Bonchev–Trinajstić information content (AvgIpc) is 2.67. The first-order valence-corrected chi connectivity index (χ1v) is 8.67. The van der Waals surface area contributed by atoms with Gasteiger partial charge in [0.05, 0.1) is 12.0 Å². The number of nitrogens with zero attached hydrogens (tertiary/aromatic N) is 2. The second-order valence-electron chi connectivity index (χ2n) is 6.23. The number of benzene rings is 2. The monoisotopic (exact) mass is 411 g/mol. The lowest BCUT2D eigenvalue weighted by molar-refractivity contribution is -0.138. The molecule has 2 aromatic carbocycles. The van der Waals surface area contributed by atoms with Gasteiger partial charge >= 0.3 is 6.18 Å². The van der Waals surface area contributed by atoms with E-state index in [1.54, 1.807) is 24.3 Å². The van der Waals surface area contributed by atoms with E-state index in [-0.39, 0.29) is 22.8 Å². The van der Waals surface area contributed by atoms with Crippen LogP contribution in [0.15, 0.2) is 54.9 Å². The molecule has 1 amide bonds. The van der Waals surface area contributed by atoms with Crippen LogP contribution in [0.25, 0.3) is 0 Å². The number of anilines is 3. The van der Waals surface area contributed by atoms with E-state index >= 15 is 0 Å². The fraction of sp³-hybridized carbons (Fsp3) is 0.0952. The van der Waals surface area contributed by atoms with Crippen molar-refractivity contribution in [2.45, 2.75) is 12.6 Å². The van der Waals surface area contributed by atoms with Crippen LogP contribution in [-0.4, -0.2) is 15.9 Å². The minimum absolute atomic E-state index is 0.103. The molecule has 0 fully saturated rings. The van der Waals surface area contributed by atoms with Crippen molar-refractivity contribution in [2.75, 3.05) is 16.8 Å². The number of carbonyl (C=O) groups is 1. The number of amides is 1. The molecule has 1 heterocycles. The lowest BCUT2D eigenvalue weighted by Crippen LogP contribution is -2.18. The molecular weight excluding hydrogens is 395 g/mol. The molecule has 3 aromatic rings. The predicted molar refractivity (Wildman–Crippen MR) is 107 cm³/mol. The van der Waals surface area contributed by atoms with Gasteiger partial charge < -0.3 is 16.8 Å². The van der Waals surface area contributed by atoms with E-state index in [2.05, 4.69) is 27.1 Å². The van der Waals surface area contributed by atoms with E-state index in [9.17, 15) is 18.0 Å². The molecule has 0 aliphatic rings. The summed E-state index contributed by atoms with van der Waals surface area (Å²) in [5.74, 6) is 5.33. The third-order valence-corrected chi connectivity index (χ3v) is 4.06. The second-order valence-corrected chi connectivity index (χ2v) is 6.23. The molecule has 0 unspecified atom stereocenters. The summed E-state index contributed by atoms with van der Waals surface area (Å²) in [5.41, 5.74) is 11.7. The lowest BCUT2D eigenvalue weighted by Gasteiger charge is -2.12. The third-order valence-electron chi connectivity index (χ3n) is 4.06. The summed E-state index contributed by atoms with van der Waals surface area (Å²) in [4.78, 5) is 19.9. The van der Waals surface area contributed by atoms with E-state index in [0.717, 1.165) is 6.07 Å². The number of carbonyl (C=O) groups excluding carboxylic acids is 1. The number of alkyl halides is 3. The summed E-state index contributed by atoms with van der Waals surface area (Å²) in [7, 11) is 0. The van der Waals surface area contributed by atoms with Gasteiger partial charge in [0.1, 0.15) is 23.5 Å². The van der Waals surface area contributed by atoms with Crippen molar-refractivity contribution in [1.29, 1.82) is 0 Å². The molecular formula is C21H16F3N5O. The largest absolute Gasteiger partial charge is 0.416 e. The third kappa shape index (κ3) is 5.05. The molecule has 0 spiro atoms. The summed E-state index contributed by atoms with van der Waals surface area (Å²) in [6.07, 6.45) is -3.72. The Morgan fingerprint density at radius 2 is 1.70 bits per heavy atom. The van der Waals surface area contributed by atoms with Crippen molar-refractivity contribution in [3.05, 3.63) is 77.1 Å². The number of nitrogen functional groups attached to an aromatic ring is 2. The molecule has 30 heavy (non-hydrogen) atoms. The molecule has 0 radical (unpaired) electrons. The molecule has 0 saturated carbocycles. The molecule has 0 bridgehead atoms. The Kier molecular flexibility index (Phi) is 5.88. The highest BCUT2D eigenvalue weighted by Crippen LogP contribution is 2.32. The van der Waals surface area contributed by atoms with Gasteiger partial charge in [0.2, 0.25) is 5.91 Å². The van der Waals surface area contributed by atoms with Crippen molar-refractivity contribution >= 4 is 23.2 Å². The SMILES string of the molecule is Nc1ncnc(N)c1C#Cc1cccc(NC(=O)Cc2ccccc2C(F)(F)F)c1. The van der Waals surface area contributed by atoms with Crippen LogP contribution in [0.3, 0.4) is 0 Å². The number of rotatable bonds is 3. The van der Waals surface area contributed by atoms with Crippen molar-refractivity contribution in [2.24, 2.45) is 0 Å². The van der Waals surface area contributed by atoms with Crippen LogP contribution in [0, 0.1) is 11.8 Å². The van der Waals surface area contributed by atoms with E-state index < -0.39 is 24.1 Å². The predicted octanol–water partition coefficient (Wildman–Crippen LogP) is 3.24. The molecule has 152 valence electrons. The van der Waals surface area contributed by atoms with Crippen LogP contribution in [0.1, 0.15) is 22.3 Å². The molecule has 0 aliphatic carbocycles. The van der Waals surface area contributed by atoms with E-state index in [4.69, 9.17) is 11.5 Å². The number of nitrogens with two attached hydrogens (primary N) is 2. The Bertz CT molecular complexity index is 1130. The van der Waals surface area contributed by atoms with Crippen LogP contribution in [0.2, 0.25) is 0 Å². The van der Waals surface area contributed by atoms with Gasteiger partial charge in [-0.2, -0.15) is 13.2 Å². The molecule has 1 aromatic heterocycles. The molecule has 6 nitrogen and oxygen atoms in total. The highest BCUT2D eigenvalue weighted by molar-refractivity contribution is 5.92. The Hall–Kier alpha value is -4.06. The van der Waals surface area contributed by atoms with E-state index in [1.807, 2.05) is 0 Å². The highest BCUT2D eigenvalue weighted by Gasteiger charge is 2.33. The molecule has 5 N–H and O–H groups in total. The topological polar surface area (TPSA) is 107 Å². The van der Waals surface area contributed by atoms with Gasteiger partial charge in [0.15, 0.2) is 0 Å². The second kappa shape index (κ2) is 8.53. The summed E-state index contributed by atoms with van der Waals surface area (Å²) < 4.78 is 39.3. The van der Waals surface area contributed by atoms with Crippen molar-refractivity contribution in [3.63, 3.8) is 0 Å². The van der Waals surface area contributed by atoms with Crippen LogP contribution in [-0.2, 0) is 17.4 Å². The lowest BCUT2D eigenvalue weighted by atomic mass is 10.0. The minimum atomic E-state index is -4.53. The summed E-state index contributed by atoms with van der Waals surface area (Å²) >= 11 is 0. The van der Waals surface area contributed by atoms with Crippen LogP contribution < -0.4 is 16.8 Å². The number of aromatic nitrogens is 2. The van der Waals surface area contributed by atoms with E-state index in [1.165, 1.54) is 24.5 Å². The maximum Gasteiger partial charge on any atom is 0.416 e. The normalized spacial score (nSPS) is 10.8. The minimum Gasteiger partial charge on any atom is -0.382 e. The number of nitrogens with one attached hydrogen (secondary N) is 1. The molecule has 0 aliphatic heterocycles. The first-order valence-electron chi connectivity index (χ1n) is 8.67. The Morgan fingerprint density at radius 1 is 1.00 bits per heavy atom. The maximum absolute atomic E-state index is 13.1. The Balaban J connectivity index is 1.76. The number of hydrogen-bond donors (Lipinski definition) is 3. The summed E-state index contributed by atoms with van der Waals surface area (Å²) in [6, 6.07) is 11.5. The van der Waals surface area contributed by atoms with Gasteiger partial charge in [-0.05, 0) is 29.8 Å². The smallest absolute Gasteiger partial charge is 0.382 e. The molecule has 0 atom stereocenters. The van der Waals surface area contributed by atoms with Gasteiger partial charge in [0, 0.05) is 11.3 Å². The molecule has 3 rings (SSSR count). The van der Waals surface area contributed by atoms with Crippen molar-refractivity contribution in [3.8, 4) is 11.8 Å². The van der Waals surface area contributed by atoms with Crippen molar-refractivity contribution < 1.29 is 18.0 Å². The maximum atomic E-state index is 13.1. The van der Waals surface area contributed by atoms with Gasteiger partial charge in [-0.25, -0.2) is 9.97 Å². The fourth-order valence-electron chi connectivity index (χ4n) is 2.68. The zero-order chi connectivity index (χ0) is 21.7. The van der Waals surface area contributed by atoms with Gasteiger partial charge in [-0.1, -0.05) is 36.1 Å². The summed E-state index contributed by atoms with van der Waals surface area (Å²) in [5, 5.41) is 2.58. The van der Waals surface area contributed by atoms with Gasteiger partial charge in [-0.15, -0.1) is 0 Å². The van der Waals surface area contributed by atoms with Crippen molar-refractivity contribution in [1.82, 2.24) is 9.97 Å². The summed E-state index contributed by atoms with van der Waals surface area (Å²) in [6.45, 7) is 0. The fourth-order valence-corrected chi connectivity index (χ4v) is 2.68.